The van der Waals surface area contributed by atoms with E-state index in [1.54, 1.807) is 0 Å². The van der Waals surface area contributed by atoms with Crippen LogP contribution in [0.5, 0.6) is 0 Å². The zero-order chi connectivity index (χ0) is 11.8. The second kappa shape index (κ2) is 3.82. The van der Waals surface area contributed by atoms with E-state index in [-0.39, 0.29) is 0 Å². The average Bonchev–Trinajstić information content (AvgIpc) is 3.01. The first-order chi connectivity index (χ1) is 8.27. The van der Waals surface area contributed by atoms with Crippen LogP contribution in [0.3, 0.4) is 0 Å². The second-order valence-corrected chi connectivity index (χ2v) is 4.33. The van der Waals surface area contributed by atoms with Gasteiger partial charge in [0.15, 0.2) is 0 Å². The third-order valence-corrected chi connectivity index (χ3v) is 3.32. The maximum atomic E-state index is 5.22. The highest BCUT2D eigenvalue weighted by molar-refractivity contribution is 7.80. The van der Waals surface area contributed by atoms with Gasteiger partial charge in [-0.3, -0.25) is 4.99 Å². The van der Waals surface area contributed by atoms with Crippen molar-refractivity contribution in [2.45, 2.75) is 0 Å². The molecular weight excluding hydrogens is 230 g/mol. The van der Waals surface area contributed by atoms with Gasteiger partial charge in [-0.05, 0) is 30.4 Å². The minimum absolute atomic E-state index is 0.820. The maximum absolute atomic E-state index is 5.22. The Morgan fingerprint density at radius 2 is 2.24 bits per heavy atom. The molecule has 4 heteroatoms. The predicted octanol–water partition coefficient (Wildman–Crippen LogP) is 2.52. The molecule has 0 saturated carbocycles. The topological polar surface area (TPSA) is 31.4 Å². The summed E-state index contributed by atoms with van der Waals surface area (Å²) in [4.78, 5) is 10.4. The van der Waals surface area contributed by atoms with Gasteiger partial charge in [0.1, 0.15) is 4.99 Å². The number of allylic oxidation sites excluding steroid dienone is 3. The number of hydrogen-bond acceptors (Lipinski definition) is 2. The Labute approximate surface area is 105 Å². The molecule has 2 aliphatic rings. The molecule has 3 heterocycles. The minimum Gasteiger partial charge on any atom is -0.361 e. The van der Waals surface area contributed by atoms with Crippen LogP contribution in [0.1, 0.15) is 5.69 Å². The quantitative estimate of drug-likeness (QED) is 0.766. The molecule has 0 amide bonds. The van der Waals surface area contributed by atoms with E-state index in [1.807, 2.05) is 54.7 Å². The predicted molar refractivity (Wildman–Crippen MR) is 73.8 cm³/mol. The third kappa shape index (κ3) is 1.57. The van der Waals surface area contributed by atoms with Crippen molar-refractivity contribution in [1.82, 2.24) is 9.88 Å². The molecule has 0 spiro atoms. The number of thiocarbonyl (C=S) groups is 1. The van der Waals surface area contributed by atoms with E-state index >= 15 is 0 Å². The van der Waals surface area contributed by atoms with Crippen molar-refractivity contribution >= 4 is 29.0 Å². The van der Waals surface area contributed by atoms with Crippen LogP contribution < -0.4 is 0 Å². The molecule has 0 aromatic carbocycles. The highest BCUT2D eigenvalue weighted by Gasteiger charge is 2.21. The molecule has 1 N–H and O–H groups in total. The number of aliphatic imine (C=N–C) groups is 1. The summed E-state index contributed by atoms with van der Waals surface area (Å²) in [7, 11) is 1.96. The minimum atomic E-state index is 0.820. The van der Waals surface area contributed by atoms with E-state index in [9.17, 15) is 0 Å². The molecule has 2 aliphatic heterocycles. The number of likely N-dealkylation sites (N-methyl/N-ethyl adjacent to an activating group) is 1. The Morgan fingerprint density at radius 3 is 2.88 bits per heavy atom. The van der Waals surface area contributed by atoms with Crippen molar-refractivity contribution < 1.29 is 0 Å². The molecule has 84 valence electrons. The Bertz CT molecular complexity index is 588. The summed E-state index contributed by atoms with van der Waals surface area (Å²) in [6, 6.07) is 4.02. The van der Waals surface area contributed by atoms with Crippen LogP contribution in [0, 0.1) is 0 Å². The average molecular weight is 241 g/mol. The fourth-order valence-electron chi connectivity index (χ4n) is 1.98. The summed E-state index contributed by atoms with van der Waals surface area (Å²) >= 11 is 5.22. The highest BCUT2D eigenvalue weighted by atomic mass is 32.1. The summed E-state index contributed by atoms with van der Waals surface area (Å²) in [5.41, 5.74) is 4.19. The molecule has 17 heavy (non-hydrogen) atoms. The third-order valence-electron chi connectivity index (χ3n) is 2.91. The second-order valence-electron chi connectivity index (χ2n) is 3.91. The van der Waals surface area contributed by atoms with Gasteiger partial charge in [0, 0.05) is 30.7 Å². The Kier molecular flexibility index (Phi) is 2.30. The number of rotatable bonds is 1. The molecule has 0 bridgehead atoms. The van der Waals surface area contributed by atoms with E-state index in [2.05, 4.69) is 9.98 Å². The van der Waals surface area contributed by atoms with Crippen LogP contribution in [0.15, 0.2) is 52.9 Å². The number of aromatic nitrogens is 1. The molecule has 0 radical (unpaired) electrons. The number of hydrogen-bond donors (Lipinski definition) is 1. The Balaban J connectivity index is 2.08. The van der Waals surface area contributed by atoms with Crippen LogP contribution in [0.4, 0.5) is 0 Å². The van der Waals surface area contributed by atoms with Crippen molar-refractivity contribution in [2.24, 2.45) is 4.99 Å². The lowest BCUT2D eigenvalue weighted by atomic mass is 10.1. The van der Waals surface area contributed by atoms with Crippen molar-refractivity contribution in [3.8, 4) is 0 Å². The Morgan fingerprint density at radius 1 is 1.35 bits per heavy atom. The van der Waals surface area contributed by atoms with Gasteiger partial charge in [-0.25, -0.2) is 0 Å². The molecule has 1 aromatic rings. The van der Waals surface area contributed by atoms with E-state index in [1.165, 1.54) is 0 Å². The highest BCUT2D eigenvalue weighted by Crippen LogP contribution is 2.31. The van der Waals surface area contributed by atoms with E-state index in [4.69, 9.17) is 12.2 Å². The first kappa shape index (κ1) is 10.2. The van der Waals surface area contributed by atoms with Gasteiger partial charge in [-0.2, -0.15) is 0 Å². The summed E-state index contributed by atoms with van der Waals surface area (Å²) < 4.78 is 0. The Hall–Kier alpha value is -1.94. The van der Waals surface area contributed by atoms with Gasteiger partial charge in [-0.1, -0.05) is 12.2 Å². The lowest BCUT2D eigenvalue weighted by Crippen LogP contribution is -2.17. The molecule has 0 unspecified atom stereocenters. The van der Waals surface area contributed by atoms with Gasteiger partial charge in [0.05, 0.1) is 11.4 Å². The van der Waals surface area contributed by atoms with Gasteiger partial charge < -0.3 is 9.88 Å². The fourth-order valence-corrected chi connectivity index (χ4v) is 2.15. The number of nitrogens with one attached hydrogen (secondary N) is 1. The van der Waals surface area contributed by atoms with Crippen LogP contribution >= 0.6 is 12.2 Å². The smallest absolute Gasteiger partial charge is 0.106 e. The van der Waals surface area contributed by atoms with Crippen molar-refractivity contribution in [2.75, 3.05) is 7.05 Å². The van der Waals surface area contributed by atoms with E-state index in [0.29, 0.717) is 0 Å². The van der Waals surface area contributed by atoms with Gasteiger partial charge in [0.25, 0.3) is 0 Å². The lowest BCUT2D eigenvalue weighted by Gasteiger charge is -2.15. The number of aromatic amines is 1. The SMILES string of the molecule is CN1C(=S)C=CC1=C1N=CC=C1c1ccc[nH]1. The van der Waals surface area contributed by atoms with Crippen LogP contribution in [0.25, 0.3) is 5.57 Å². The van der Waals surface area contributed by atoms with Crippen LogP contribution in [0.2, 0.25) is 0 Å². The van der Waals surface area contributed by atoms with Crippen molar-refractivity contribution in [1.29, 1.82) is 0 Å². The number of nitrogens with zero attached hydrogens (tertiary/aromatic N) is 2. The van der Waals surface area contributed by atoms with Gasteiger partial charge in [0.2, 0.25) is 0 Å². The largest absolute Gasteiger partial charge is 0.361 e. The van der Waals surface area contributed by atoms with E-state index < -0.39 is 0 Å². The summed E-state index contributed by atoms with van der Waals surface area (Å²) in [5, 5.41) is 0. The first-order valence-corrected chi connectivity index (χ1v) is 5.77. The van der Waals surface area contributed by atoms with Crippen molar-refractivity contribution in [3.05, 3.63) is 53.6 Å². The molecule has 0 atom stereocenters. The van der Waals surface area contributed by atoms with Crippen LogP contribution in [-0.2, 0) is 0 Å². The zero-order valence-corrected chi connectivity index (χ0v) is 10.2. The normalized spacial score (nSPS) is 22.8. The molecule has 0 fully saturated rings. The van der Waals surface area contributed by atoms with Crippen LogP contribution in [-0.4, -0.2) is 28.1 Å². The van der Waals surface area contributed by atoms with Gasteiger partial charge in [-0.15, -0.1) is 0 Å². The molecule has 0 saturated heterocycles. The monoisotopic (exact) mass is 241 g/mol. The zero-order valence-electron chi connectivity index (χ0n) is 9.34. The molecule has 0 aliphatic carbocycles. The molecule has 3 nitrogen and oxygen atoms in total. The first-order valence-electron chi connectivity index (χ1n) is 5.36. The molecule has 3 rings (SSSR count). The van der Waals surface area contributed by atoms with E-state index in [0.717, 1.165) is 27.6 Å². The molecule has 1 aromatic heterocycles. The van der Waals surface area contributed by atoms with Gasteiger partial charge >= 0.3 is 0 Å². The summed E-state index contributed by atoms with van der Waals surface area (Å²) in [6.07, 6.45) is 9.68. The fraction of sp³-hybridized carbons (Fsp3) is 0.0769. The summed E-state index contributed by atoms with van der Waals surface area (Å²) in [6.45, 7) is 0. The summed E-state index contributed by atoms with van der Waals surface area (Å²) in [5.74, 6) is 0. The standard InChI is InChI=1S/C13H11N3S/c1-16-11(4-5-12(16)17)13-9(6-8-15-13)10-3-2-7-14-10/h2-8,14H,1H3. The maximum Gasteiger partial charge on any atom is 0.106 e. The molecular formula is C13H11N3S. The number of H-pyrrole nitrogens is 1. The van der Waals surface area contributed by atoms with Crippen molar-refractivity contribution in [3.63, 3.8) is 0 Å². The lowest BCUT2D eigenvalue weighted by molar-refractivity contribution is 0.671.